The summed E-state index contributed by atoms with van der Waals surface area (Å²) in [5.74, 6) is -0.627. The van der Waals surface area contributed by atoms with Crippen molar-refractivity contribution in [1.29, 1.82) is 0 Å². The van der Waals surface area contributed by atoms with E-state index in [9.17, 15) is 15.0 Å². The molecule has 16 heavy (non-hydrogen) atoms. The Morgan fingerprint density at radius 2 is 1.88 bits per heavy atom. The number of aliphatic hydroxyl groups is 1. The fourth-order valence-corrected chi connectivity index (χ4v) is 1.31. The Morgan fingerprint density at radius 1 is 1.38 bits per heavy atom. The molecule has 4 nitrogen and oxygen atoms in total. The normalized spacial score (nSPS) is 13.2. The van der Waals surface area contributed by atoms with Gasteiger partial charge in [-0.3, -0.25) is 0 Å². The molecule has 0 amide bonds. The van der Waals surface area contributed by atoms with Crippen LogP contribution >= 0.6 is 0 Å². The van der Waals surface area contributed by atoms with E-state index in [0.717, 1.165) is 0 Å². The predicted molar refractivity (Wildman–Crippen MR) is 56.7 cm³/mol. The fourth-order valence-electron chi connectivity index (χ4n) is 1.31. The van der Waals surface area contributed by atoms with E-state index in [1.165, 1.54) is 21.0 Å². The molecule has 0 spiro atoms. The monoisotopic (exact) mass is 223 g/mol. The van der Waals surface area contributed by atoms with Gasteiger partial charge in [0.25, 0.3) is 0 Å². The van der Waals surface area contributed by atoms with Gasteiger partial charge in [0.1, 0.15) is 5.75 Å². The van der Waals surface area contributed by atoms with Crippen molar-refractivity contribution in [2.24, 2.45) is 5.41 Å². The number of carbonyl (C=O) groups excluding carboxylic acids is 1. The number of carboxylic acid groups (broad SMARTS) is 1. The Morgan fingerprint density at radius 3 is 2.25 bits per heavy atom. The summed E-state index contributed by atoms with van der Waals surface area (Å²) in [4.78, 5) is 10.9. The van der Waals surface area contributed by atoms with E-state index in [4.69, 9.17) is 4.74 Å². The SMILES string of the molecule is COc1ccc([C@H](O)C(C)(C)C(=O)[O-])cc1. The number of aliphatic hydroxyl groups excluding tert-OH is 1. The van der Waals surface area contributed by atoms with Gasteiger partial charge in [-0.15, -0.1) is 0 Å². The van der Waals surface area contributed by atoms with Gasteiger partial charge in [-0.2, -0.15) is 0 Å². The van der Waals surface area contributed by atoms with Crippen LogP contribution in [0.1, 0.15) is 25.5 Å². The summed E-state index contributed by atoms with van der Waals surface area (Å²) in [6, 6.07) is 6.61. The maximum atomic E-state index is 10.9. The minimum Gasteiger partial charge on any atom is -0.549 e. The summed E-state index contributed by atoms with van der Waals surface area (Å²) in [5.41, 5.74) is -0.802. The minimum absolute atomic E-state index is 0.523. The van der Waals surface area contributed by atoms with Gasteiger partial charge in [0, 0.05) is 11.4 Å². The van der Waals surface area contributed by atoms with E-state index in [1.54, 1.807) is 24.3 Å². The molecule has 0 saturated heterocycles. The molecule has 1 atom stereocenters. The van der Waals surface area contributed by atoms with Crippen molar-refractivity contribution in [1.82, 2.24) is 0 Å². The van der Waals surface area contributed by atoms with E-state index in [-0.39, 0.29) is 0 Å². The molecule has 1 rings (SSSR count). The quantitative estimate of drug-likeness (QED) is 0.807. The van der Waals surface area contributed by atoms with Gasteiger partial charge < -0.3 is 19.7 Å². The molecule has 0 radical (unpaired) electrons. The summed E-state index contributed by atoms with van der Waals surface area (Å²) in [5, 5.41) is 20.8. The van der Waals surface area contributed by atoms with Crippen molar-refractivity contribution in [3.63, 3.8) is 0 Å². The van der Waals surface area contributed by atoms with Crippen molar-refractivity contribution in [3.8, 4) is 5.75 Å². The summed E-state index contributed by atoms with van der Waals surface area (Å²) in [6.07, 6.45) is -1.11. The largest absolute Gasteiger partial charge is 0.549 e. The highest BCUT2D eigenvalue weighted by atomic mass is 16.5. The number of methoxy groups -OCH3 is 1. The zero-order valence-corrected chi connectivity index (χ0v) is 9.56. The smallest absolute Gasteiger partial charge is 0.118 e. The molecule has 0 aliphatic carbocycles. The minimum atomic E-state index is -1.32. The average Bonchev–Trinajstić information content (AvgIpc) is 2.28. The second-order valence-corrected chi connectivity index (χ2v) is 4.18. The van der Waals surface area contributed by atoms with Crippen molar-refractivity contribution in [2.75, 3.05) is 7.11 Å². The van der Waals surface area contributed by atoms with Gasteiger partial charge in [0.2, 0.25) is 0 Å². The van der Waals surface area contributed by atoms with Crippen LogP contribution in [0.2, 0.25) is 0 Å². The molecule has 0 unspecified atom stereocenters. The summed E-state index contributed by atoms with van der Waals surface area (Å²) in [7, 11) is 1.54. The first-order valence-electron chi connectivity index (χ1n) is 4.93. The standard InChI is InChI=1S/C12H16O4/c1-12(2,11(14)15)10(13)8-4-6-9(16-3)7-5-8/h4-7,10,13H,1-3H3,(H,14,15)/p-1/t10-/m0/s1. The van der Waals surface area contributed by atoms with Crippen LogP contribution in [-0.2, 0) is 4.79 Å². The first kappa shape index (κ1) is 12.5. The van der Waals surface area contributed by atoms with E-state index >= 15 is 0 Å². The van der Waals surface area contributed by atoms with Crippen molar-refractivity contribution in [2.45, 2.75) is 20.0 Å². The van der Waals surface area contributed by atoms with Gasteiger partial charge in [-0.1, -0.05) is 26.0 Å². The molecule has 0 bridgehead atoms. The summed E-state index contributed by atoms with van der Waals surface area (Å²) < 4.78 is 4.97. The molecule has 0 aliphatic rings. The highest BCUT2D eigenvalue weighted by molar-refractivity contribution is 5.72. The average molecular weight is 223 g/mol. The molecule has 0 fully saturated rings. The number of ether oxygens (including phenoxy) is 1. The third-order valence-electron chi connectivity index (χ3n) is 2.64. The van der Waals surface area contributed by atoms with Gasteiger partial charge in [0.15, 0.2) is 0 Å². The summed E-state index contributed by atoms with van der Waals surface area (Å²) >= 11 is 0. The molecule has 1 aromatic carbocycles. The molecular weight excluding hydrogens is 208 g/mol. The van der Waals surface area contributed by atoms with Crippen molar-refractivity contribution >= 4 is 5.97 Å². The van der Waals surface area contributed by atoms with Crippen LogP contribution in [0, 0.1) is 5.41 Å². The first-order valence-corrected chi connectivity index (χ1v) is 4.93. The van der Waals surface area contributed by atoms with Gasteiger partial charge in [-0.05, 0) is 17.7 Å². The Labute approximate surface area is 94.5 Å². The molecule has 0 aliphatic heterocycles. The molecule has 0 heterocycles. The fraction of sp³-hybridized carbons (Fsp3) is 0.417. The zero-order valence-electron chi connectivity index (χ0n) is 9.56. The number of benzene rings is 1. The molecule has 1 N–H and O–H groups in total. The Hall–Kier alpha value is -1.55. The molecule has 88 valence electrons. The van der Waals surface area contributed by atoms with Crippen LogP contribution in [-0.4, -0.2) is 18.2 Å². The number of hydrogen-bond acceptors (Lipinski definition) is 4. The van der Waals surface area contributed by atoms with Crippen LogP contribution in [0.15, 0.2) is 24.3 Å². The highest BCUT2D eigenvalue weighted by Gasteiger charge is 2.30. The molecular formula is C12H15O4-. The topological polar surface area (TPSA) is 69.6 Å². The number of hydrogen-bond donors (Lipinski definition) is 1. The molecule has 0 saturated carbocycles. The number of rotatable bonds is 4. The van der Waals surface area contributed by atoms with Crippen molar-refractivity contribution in [3.05, 3.63) is 29.8 Å². The maximum Gasteiger partial charge on any atom is 0.118 e. The highest BCUT2D eigenvalue weighted by Crippen LogP contribution is 2.33. The molecule has 1 aromatic rings. The lowest BCUT2D eigenvalue weighted by Gasteiger charge is -2.31. The second-order valence-electron chi connectivity index (χ2n) is 4.18. The van der Waals surface area contributed by atoms with Gasteiger partial charge >= 0.3 is 0 Å². The van der Waals surface area contributed by atoms with Gasteiger partial charge in [-0.25, -0.2) is 0 Å². The Balaban J connectivity index is 2.96. The van der Waals surface area contributed by atoms with Crippen LogP contribution in [0.5, 0.6) is 5.75 Å². The lowest BCUT2D eigenvalue weighted by atomic mass is 9.83. The Bertz CT molecular complexity index is 367. The number of carbonyl (C=O) groups is 1. The zero-order chi connectivity index (χ0) is 12.3. The Kier molecular flexibility index (Phi) is 3.55. The third kappa shape index (κ3) is 2.33. The predicted octanol–water partition coefficient (Wildman–Crippen LogP) is 0.505. The lowest BCUT2D eigenvalue weighted by Crippen LogP contribution is -2.42. The lowest BCUT2D eigenvalue weighted by molar-refractivity contribution is -0.321. The van der Waals surface area contributed by atoms with E-state index in [0.29, 0.717) is 11.3 Å². The van der Waals surface area contributed by atoms with Gasteiger partial charge in [0.05, 0.1) is 13.2 Å². The van der Waals surface area contributed by atoms with Crippen LogP contribution < -0.4 is 9.84 Å². The second kappa shape index (κ2) is 4.53. The maximum absolute atomic E-state index is 10.9. The van der Waals surface area contributed by atoms with Crippen LogP contribution in [0.3, 0.4) is 0 Å². The third-order valence-corrected chi connectivity index (χ3v) is 2.64. The van der Waals surface area contributed by atoms with Crippen molar-refractivity contribution < 1.29 is 19.7 Å². The number of aliphatic carboxylic acids is 1. The number of carboxylic acids is 1. The first-order chi connectivity index (χ1) is 7.39. The van der Waals surface area contributed by atoms with Crippen LogP contribution in [0.25, 0.3) is 0 Å². The summed E-state index contributed by atoms with van der Waals surface area (Å²) in [6.45, 7) is 2.86. The van der Waals surface area contributed by atoms with E-state index in [1.807, 2.05) is 0 Å². The molecule has 0 aromatic heterocycles. The van der Waals surface area contributed by atoms with E-state index in [2.05, 4.69) is 0 Å². The van der Waals surface area contributed by atoms with Crippen LogP contribution in [0.4, 0.5) is 0 Å². The molecule has 4 heteroatoms. The van der Waals surface area contributed by atoms with E-state index < -0.39 is 17.5 Å².